The van der Waals surface area contributed by atoms with Gasteiger partial charge in [0.2, 0.25) is 0 Å². The normalized spacial score (nSPS) is 27.3. The van der Waals surface area contributed by atoms with E-state index in [1.807, 2.05) is 18.2 Å². The molecule has 0 radical (unpaired) electrons. The molecule has 4 bridgehead atoms. The molecule has 0 saturated heterocycles. The quantitative estimate of drug-likeness (QED) is 0.324. The number of rotatable bonds is 8. The van der Waals surface area contributed by atoms with Crippen LogP contribution in [0.3, 0.4) is 0 Å². The van der Waals surface area contributed by atoms with Crippen LogP contribution in [0.5, 0.6) is 5.75 Å². The van der Waals surface area contributed by atoms with Gasteiger partial charge < -0.3 is 14.9 Å². The number of aliphatic hydroxyl groups is 1. The Balaban J connectivity index is 1.48. The first kappa shape index (κ1) is 23.5. The molecule has 1 unspecified atom stereocenters. The van der Waals surface area contributed by atoms with Crippen molar-refractivity contribution >= 4 is 16.7 Å². The number of carboxylic acids is 1. The number of fused-ring (bicyclic) bond motifs is 1. The van der Waals surface area contributed by atoms with Crippen LogP contribution in [-0.2, 0) is 5.41 Å². The summed E-state index contributed by atoms with van der Waals surface area (Å²) in [6.07, 6.45) is 9.63. The van der Waals surface area contributed by atoms with E-state index in [0.29, 0.717) is 12.0 Å². The predicted molar refractivity (Wildman–Crippen MR) is 142 cm³/mol. The standard InChI is InChI=1S/C32H36O4/c1-2-3-7-30(33)36-29-15-25-5-4-6-26(23-8-10-24(11-9-23)31(34)35)27(25)16-28(29)32-17-20-12-21(18-32)14-22(13-20)19-32/h4-6,8-11,15-16,20-22,30,33H,2-3,7,12-14,17-19H2,1H3,(H,34,35). The molecule has 0 aromatic heterocycles. The lowest BCUT2D eigenvalue weighted by atomic mass is 9.48. The summed E-state index contributed by atoms with van der Waals surface area (Å²) < 4.78 is 6.32. The number of hydrogen-bond acceptors (Lipinski definition) is 3. The maximum absolute atomic E-state index is 11.4. The van der Waals surface area contributed by atoms with Crippen molar-refractivity contribution in [2.75, 3.05) is 0 Å². The summed E-state index contributed by atoms with van der Waals surface area (Å²) in [5.74, 6) is 2.37. The first-order chi connectivity index (χ1) is 17.4. The summed E-state index contributed by atoms with van der Waals surface area (Å²) in [6.45, 7) is 2.13. The van der Waals surface area contributed by atoms with E-state index in [4.69, 9.17) is 4.74 Å². The summed E-state index contributed by atoms with van der Waals surface area (Å²) >= 11 is 0. The van der Waals surface area contributed by atoms with Gasteiger partial charge in [0.05, 0.1) is 5.56 Å². The lowest BCUT2D eigenvalue weighted by molar-refractivity contribution is -0.0324. The molecule has 36 heavy (non-hydrogen) atoms. The molecular formula is C32H36O4. The molecule has 1 atom stereocenters. The van der Waals surface area contributed by atoms with Crippen LogP contribution in [-0.4, -0.2) is 22.5 Å². The van der Waals surface area contributed by atoms with E-state index in [0.717, 1.165) is 52.9 Å². The number of ether oxygens (including phenoxy) is 1. The van der Waals surface area contributed by atoms with E-state index >= 15 is 0 Å². The highest BCUT2D eigenvalue weighted by atomic mass is 16.6. The zero-order chi connectivity index (χ0) is 24.9. The topological polar surface area (TPSA) is 66.8 Å². The first-order valence-electron chi connectivity index (χ1n) is 13.7. The van der Waals surface area contributed by atoms with Gasteiger partial charge in [0.1, 0.15) is 5.75 Å². The second kappa shape index (κ2) is 9.23. The largest absolute Gasteiger partial charge is 0.478 e. The molecule has 3 aromatic carbocycles. The maximum atomic E-state index is 11.4. The Hall–Kier alpha value is -2.85. The van der Waals surface area contributed by atoms with Crippen LogP contribution in [0.4, 0.5) is 0 Å². The number of carbonyl (C=O) groups is 1. The summed E-state index contributed by atoms with van der Waals surface area (Å²) in [4.78, 5) is 11.4. The molecule has 188 valence electrons. The average molecular weight is 485 g/mol. The molecule has 2 N–H and O–H groups in total. The summed E-state index contributed by atoms with van der Waals surface area (Å²) in [5.41, 5.74) is 3.82. The molecule has 0 heterocycles. The third kappa shape index (κ3) is 4.20. The number of unbranched alkanes of at least 4 members (excludes halogenated alkanes) is 1. The van der Waals surface area contributed by atoms with Gasteiger partial charge in [-0.3, -0.25) is 0 Å². The fourth-order valence-corrected chi connectivity index (χ4v) is 7.89. The van der Waals surface area contributed by atoms with E-state index in [1.165, 1.54) is 49.5 Å². The van der Waals surface area contributed by atoms with Gasteiger partial charge in [0.15, 0.2) is 6.29 Å². The van der Waals surface area contributed by atoms with Crippen molar-refractivity contribution in [1.29, 1.82) is 0 Å². The van der Waals surface area contributed by atoms with E-state index < -0.39 is 12.3 Å². The van der Waals surface area contributed by atoms with E-state index in [2.05, 4.69) is 31.2 Å². The minimum Gasteiger partial charge on any atom is -0.478 e. The van der Waals surface area contributed by atoms with Crippen molar-refractivity contribution in [3.05, 3.63) is 65.7 Å². The number of aliphatic hydroxyl groups excluding tert-OH is 1. The van der Waals surface area contributed by atoms with Crippen LogP contribution < -0.4 is 4.74 Å². The maximum Gasteiger partial charge on any atom is 0.335 e. The van der Waals surface area contributed by atoms with Crippen molar-refractivity contribution in [1.82, 2.24) is 0 Å². The molecule has 4 saturated carbocycles. The van der Waals surface area contributed by atoms with Gasteiger partial charge in [-0.05, 0) is 114 Å². The Bertz CT molecular complexity index is 1240. The van der Waals surface area contributed by atoms with Gasteiger partial charge in [-0.1, -0.05) is 43.7 Å². The van der Waals surface area contributed by atoms with Crippen LogP contribution in [0.2, 0.25) is 0 Å². The van der Waals surface area contributed by atoms with Gasteiger partial charge in [-0.2, -0.15) is 0 Å². The molecule has 4 heteroatoms. The minimum absolute atomic E-state index is 0.128. The van der Waals surface area contributed by atoms with E-state index in [1.54, 1.807) is 12.1 Å². The third-order valence-corrected chi connectivity index (χ3v) is 9.10. The Kier molecular flexibility index (Phi) is 6.03. The van der Waals surface area contributed by atoms with Crippen molar-refractivity contribution in [3.8, 4) is 16.9 Å². The Morgan fingerprint density at radius 1 is 1.00 bits per heavy atom. The molecule has 0 aliphatic heterocycles. The molecule has 0 amide bonds. The molecular weight excluding hydrogens is 448 g/mol. The van der Waals surface area contributed by atoms with E-state index in [-0.39, 0.29) is 5.41 Å². The van der Waals surface area contributed by atoms with Gasteiger partial charge in [0.25, 0.3) is 0 Å². The molecule has 0 spiro atoms. The Morgan fingerprint density at radius 3 is 2.28 bits per heavy atom. The highest BCUT2D eigenvalue weighted by molar-refractivity contribution is 5.98. The summed E-state index contributed by atoms with van der Waals surface area (Å²) in [5, 5.41) is 22.3. The second-order valence-corrected chi connectivity index (χ2v) is 11.7. The number of benzene rings is 3. The average Bonchev–Trinajstić information content (AvgIpc) is 2.86. The van der Waals surface area contributed by atoms with Crippen LogP contribution in [0.1, 0.15) is 80.6 Å². The van der Waals surface area contributed by atoms with Crippen molar-refractivity contribution < 1.29 is 19.7 Å². The minimum atomic E-state index is -0.910. The number of carboxylic acid groups (broad SMARTS) is 1. The van der Waals surface area contributed by atoms with Gasteiger partial charge in [-0.25, -0.2) is 4.79 Å². The zero-order valence-electron chi connectivity index (χ0n) is 21.1. The number of hydrogen-bond donors (Lipinski definition) is 2. The highest BCUT2D eigenvalue weighted by Crippen LogP contribution is 2.62. The zero-order valence-corrected chi connectivity index (χ0v) is 21.1. The monoisotopic (exact) mass is 484 g/mol. The first-order valence-corrected chi connectivity index (χ1v) is 13.7. The van der Waals surface area contributed by atoms with Crippen molar-refractivity contribution in [3.63, 3.8) is 0 Å². The van der Waals surface area contributed by atoms with Gasteiger partial charge >= 0.3 is 5.97 Å². The second-order valence-electron chi connectivity index (χ2n) is 11.7. The lowest BCUT2D eigenvalue weighted by Crippen LogP contribution is -2.48. The Labute approximate surface area is 213 Å². The Morgan fingerprint density at radius 2 is 1.67 bits per heavy atom. The SMILES string of the molecule is CCCCC(O)Oc1cc2cccc(-c3ccc(C(=O)O)cc3)c2cc1C12CC3CC(CC(C3)C1)C2. The smallest absolute Gasteiger partial charge is 0.335 e. The van der Waals surface area contributed by atoms with Crippen LogP contribution in [0, 0.1) is 17.8 Å². The number of aromatic carboxylic acids is 1. The fraction of sp³-hybridized carbons (Fsp3) is 0.469. The molecule has 7 rings (SSSR count). The fourth-order valence-electron chi connectivity index (χ4n) is 7.89. The van der Waals surface area contributed by atoms with Gasteiger partial charge in [-0.15, -0.1) is 0 Å². The highest BCUT2D eigenvalue weighted by Gasteiger charge is 2.52. The molecule has 3 aromatic rings. The predicted octanol–water partition coefficient (Wildman–Crippen LogP) is 7.56. The molecule has 4 fully saturated rings. The molecule has 4 nitrogen and oxygen atoms in total. The van der Waals surface area contributed by atoms with Crippen LogP contribution in [0.15, 0.2) is 54.6 Å². The van der Waals surface area contributed by atoms with Crippen LogP contribution in [0.25, 0.3) is 21.9 Å². The van der Waals surface area contributed by atoms with Gasteiger partial charge in [0, 0.05) is 12.0 Å². The van der Waals surface area contributed by atoms with Crippen molar-refractivity contribution in [2.45, 2.75) is 76.4 Å². The molecule has 4 aliphatic carbocycles. The lowest BCUT2D eigenvalue weighted by Gasteiger charge is -2.57. The summed E-state index contributed by atoms with van der Waals surface area (Å²) in [6, 6.07) is 17.9. The third-order valence-electron chi connectivity index (χ3n) is 9.10. The van der Waals surface area contributed by atoms with E-state index in [9.17, 15) is 15.0 Å². The summed E-state index contributed by atoms with van der Waals surface area (Å²) in [7, 11) is 0. The van der Waals surface area contributed by atoms with Crippen LogP contribution >= 0.6 is 0 Å². The van der Waals surface area contributed by atoms with Crippen molar-refractivity contribution in [2.24, 2.45) is 17.8 Å². The molecule has 4 aliphatic rings.